The Balaban J connectivity index is 2.06. The fourth-order valence-electron chi connectivity index (χ4n) is 2.05. The van der Waals surface area contributed by atoms with Crippen LogP contribution in [-0.2, 0) is 0 Å². The van der Waals surface area contributed by atoms with E-state index < -0.39 is 0 Å². The zero-order valence-electron chi connectivity index (χ0n) is 12.5. The summed E-state index contributed by atoms with van der Waals surface area (Å²) in [4.78, 5) is 20.4. The first-order valence-electron chi connectivity index (χ1n) is 7.27. The molecule has 0 radical (unpaired) electrons. The molecule has 0 aliphatic carbocycles. The molecule has 0 saturated carbocycles. The van der Waals surface area contributed by atoms with Crippen molar-refractivity contribution in [1.82, 2.24) is 15.3 Å². The minimum absolute atomic E-state index is 0.0193. The summed E-state index contributed by atoms with van der Waals surface area (Å²) < 4.78 is 0. The Kier molecular flexibility index (Phi) is 5.85. The second-order valence-corrected chi connectivity index (χ2v) is 4.89. The number of carbonyl (C=O) groups is 1. The number of aromatic nitrogens is 2. The van der Waals surface area contributed by atoms with Crippen molar-refractivity contribution in [2.45, 2.75) is 25.8 Å². The number of benzene rings is 1. The van der Waals surface area contributed by atoms with E-state index in [2.05, 4.69) is 20.6 Å². The quantitative estimate of drug-likeness (QED) is 0.729. The van der Waals surface area contributed by atoms with Crippen LogP contribution in [0.5, 0.6) is 0 Å². The first-order valence-corrected chi connectivity index (χ1v) is 7.27. The van der Waals surface area contributed by atoms with Crippen LogP contribution >= 0.6 is 0 Å². The van der Waals surface area contributed by atoms with Gasteiger partial charge in [0.25, 0.3) is 5.91 Å². The Hall–Kier alpha value is -2.47. The highest BCUT2D eigenvalue weighted by Crippen LogP contribution is 2.15. The van der Waals surface area contributed by atoms with E-state index in [9.17, 15) is 4.79 Å². The van der Waals surface area contributed by atoms with E-state index in [1.54, 1.807) is 36.8 Å². The van der Waals surface area contributed by atoms with Crippen LogP contribution in [0.1, 0.15) is 30.1 Å². The molecule has 3 N–H and O–H groups in total. The lowest BCUT2D eigenvalue weighted by atomic mass is 10.1. The molecule has 2 aromatic rings. The van der Waals surface area contributed by atoms with Crippen molar-refractivity contribution in [2.24, 2.45) is 0 Å². The number of hydrogen-bond donors (Lipinski definition) is 3. The molecule has 1 atom stereocenters. The normalized spacial score (nSPS) is 11.7. The molecule has 2 rings (SSSR count). The van der Waals surface area contributed by atoms with E-state index in [0.717, 1.165) is 12.1 Å². The number of rotatable bonds is 7. The predicted molar refractivity (Wildman–Crippen MR) is 85.0 cm³/mol. The molecule has 6 heteroatoms. The van der Waals surface area contributed by atoms with Crippen LogP contribution in [0, 0.1) is 0 Å². The highest BCUT2D eigenvalue weighted by molar-refractivity contribution is 5.95. The fraction of sp³-hybridized carbons (Fsp3) is 0.312. The Bertz CT molecular complexity index is 604. The summed E-state index contributed by atoms with van der Waals surface area (Å²) in [6.45, 7) is 2.04. The molecule has 0 fully saturated rings. The maximum Gasteiger partial charge on any atom is 0.251 e. The third-order valence-corrected chi connectivity index (χ3v) is 3.27. The van der Waals surface area contributed by atoms with E-state index in [-0.39, 0.29) is 18.6 Å². The summed E-state index contributed by atoms with van der Waals surface area (Å²) in [6.07, 6.45) is 6.14. The van der Waals surface area contributed by atoms with Crippen molar-refractivity contribution in [2.75, 3.05) is 11.9 Å². The topological polar surface area (TPSA) is 87.1 Å². The fourth-order valence-corrected chi connectivity index (χ4v) is 2.05. The van der Waals surface area contributed by atoms with Crippen molar-refractivity contribution < 1.29 is 9.90 Å². The van der Waals surface area contributed by atoms with Gasteiger partial charge in [0.15, 0.2) is 0 Å². The van der Waals surface area contributed by atoms with Crippen molar-refractivity contribution in [3.05, 3.63) is 48.4 Å². The van der Waals surface area contributed by atoms with Gasteiger partial charge in [-0.25, -0.2) is 4.98 Å². The van der Waals surface area contributed by atoms with Crippen LogP contribution in [0.2, 0.25) is 0 Å². The van der Waals surface area contributed by atoms with Crippen LogP contribution in [-0.4, -0.2) is 33.6 Å². The Labute approximate surface area is 129 Å². The highest BCUT2D eigenvalue weighted by Gasteiger charge is 2.12. The van der Waals surface area contributed by atoms with Gasteiger partial charge in [-0.2, -0.15) is 0 Å². The third kappa shape index (κ3) is 4.53. The van der Waals surface area contributed by atoms with Gasteiger partial charge in [-0.15, -0.1) is 0 Å². The van der Waals surface area contributed by atoms with Gasteiger partial charge < -0.3 is 15.7 Å². The van der Waals surface area contributed by atoms with Crippen molar-refractivity contribution >= 4 is 17.4 Å². The van der Waals surface area contributed by atoms with E-state index in [1.165, 1.54) is 0 Å². The van der Waals surface area contributed by atoms with E-state index in [1.807, 2.05) is 13.0 Å². The maximum absolute atomic E-state index is 12.2. The predicted octanol–water partition coefficient (Wildman–Crippen LogP) is 2.11. The summed E-state index contributed by atoms with van der Waals surface area (Å²) in [6, 6.07) is 7.16. The highest BCUT2D eigenvalue weighted by atomic mass is 16.3. The molecule has 0 bridgehead atoms. The molecular formula is C16H20N4O2. The van der Waals surface area contributed by atoms with Crippen molar-refractivity contribution in [1.29, 1.82) is 0 Å². The first-order chi connectivity index (χ1) is 10.7. The molecule has 0 aliphatic rings. The Morgan fingerprint density at radius 3 is 2.91 bits per heavy atom. The first kappa shape index (κ1) is 15.9. The molecule has 1 aromatic heterocycles. The van der Waals surface area contributed by atoms with E-state index in [4.69, 9.17) is 5.11 Å². The van der Waals surface area contributed by atoms with Gasteiger partial charge in [-0.3, -0.25) is 9.78 Å². The molecule has 1 unspecified atom stereocenters. The molecule has 1 aromatic carbocycles. The minimum Gasteiger partial charge on any atom is -0.396 e. The molecular weight excluding hydrogens is 280 g/mol. The number of nitrogens with one attached hydrogen (secondary N) is 2. The minimum atomic E-state index is -0.150. The van der Waals surface area contributed by atoms with Gasteiger partial charge in [-0.05, 0) is 31.0 Å². The van der Waals surface area contributed by atoms with Gasteiger partial charge in [-0.1, -0.05) is 13.0 Å². The molecule has 1 heterocycles. The van der Waals surface area contributed by atoms with Gasteiger partial charge in [0.2, 0.25) is 0 Å². The average molecular weight is 300 g/mol. The zero-order chi connectivity index (χ0) is 15.8. The number of anilines is 2. The monoisotopic (exact) mass is 300 g/mol. The van der Waals surface area contributed by atoms with E-state index >= 15 is 0 Å². The van der Waals surface area contributed by atoms with Crippen molar-refractivity contribution in [3.63, 3.8) is 0 Å². The molecule has 0 spiro atoms. The molecule has 6 nitrogen and oxygen atoms in total. The standard InChI is InChI=1S/C16H20N4O2/c1-2-13(6-9-21)20-16(22)12-4-3-5-14(10-12)19-15-11-17-7-8-18-15/h3-5,7-8,10-11,13,21H,2,6,9H2,1H3,(H,18,19)(H,20,22). The number of hydrogen-bond acceptors (Lipinski definition) is 5. The summed E-state index contributed by atoms with van der Waals surface area (Å²) >= 11 is 0. The van der Waals surface area contributed by atoms with Crippen LogP contribution < -0.4 is 10.6 Å². The van der Waals surface area contributed by atoms with Gasteiger partial charge >= 0.3 is 0 Å². The summed E-state index contributed by atoms with van der Waals surface area (Å²) in [5.41, 5.74) is 1.33. The third-order valence-electron chi connectivity index (χ3n) is 3.27. The molecule has 0 saturated heterocycles. The van der Waals surface area contributed by atoms with Crippen LogP contribution in [0.3, 0.4) is 0 Å². The SMILES string of the molecule is CCC(CCO)NC(=O)c1cccc(Nc2cnccn2)c1. The molecule has 1 amide bonds. The maximum atomic E-state index is 12.2. The van der Waals surface area contributed by atoms with Crippen LogP contribution in [0.25, 0.3) is 0 Å². The number of carbonyl (C=O) groups excluding carboxylic acids is 1. The number of nitrogens with zero attached hydrogens (tertiary/aromatic N) is 2. The average Bonchev–Trinajstić information content (AvgIpc) is 2.55. The largest absolute Gasteiger partial charge is 0.396 e. The summed E-state index contributed by atoms with van der Waals surface area (Å²) in [7, 11) is 0. The number of aliphatic hydroxyl groups is 1. The molecule has 116 valence electrons. The smallest absolute Gasteiger partial charge is 0.251 e. The lowest BCUT2D eigenvalue weighted by Crippen LogP contribution is -2.35. The molecule has 0 aliphatic heterocycles. The lowest BCUT2D eigenvalue weighted by molar-refractivity contribution is 0.0929. The van der Waals surface area contributed by atoms with Gasteiger partial charge in [0.1, 0.15) is 5.82 Å². The number of amides is 1. The zero-order valence-corrected chi connectivity index (χ0v) is 12.5. The van der Waals surface area contributed by atoms with Crippen LogP contribution in [0.4, 0.5) is 11.5 Å². The summed E-state index contributed by atoms with van der Waals surface area (Å²) in [5, 5.41) is 15.0. The van der Waals surface area contributed by atoms with Crippen molar-refractivity contribution in [3.8, 4) is 0 Å². The second-order valence-electron chi connectivity index (χ2n) is 4.89. The summed E-state index contributed by atoms with van der Waals surface area (Å²) in [5.74, 6) is 0.467. The number of aliphatic hydroxyl groups excluding tert-OH is 1. The van der Waals surface area contributed by atoms with Crippen LogP contribution in [0.15, 0.2) is 42.9 Å². The van der Waals surface area contributed by atoms with E-state index in [0.29, 0.717) is 17.8 Å². The van der Waals surface area contributed by atoms with Gasteiger partial charge in [0.05, 0.1) is 6.20 Å². The van der Waals surface area contributed by atoms with Gasteiger partial charge in [0, 0.05) is 36.3 Å². The molecule has 22 heavy (non-hydrogen) atoms. The Morgan fingerprint density at radius 1 is 1.36 bits per heavy atom. The Morgan fingerprint density at radius 2 is 2.23 bits per heavy atom. The second kappa shape index (κ2) is 8.09. The lowest BCUT2D eigenvalue weighted by Gasteiger charge is -2.16.